The largest absolute Gasteiger partial charge is 0.292 e. The van der Waals surface area contributed by atoms with Gasteiger partial charge in [0.2, 0.25) is 0 Å². The lowest BCUT2D eigenvalue weighted by Gasteiger charge is -2.07. The van der Waals surface area contributed by atoms with Gasteiger partial charge in [0.25, 0.3) is 0 Å². The second-order valence-electron chi connectivity index (χ2n) is 2.76. The van der Waals surface area contributed by atoms with Crippen molar-refractivity contribution in [3.63, 3.8) is 0 Å². The number of hydrogen-bond donors (Lipinski definition) is 0. The van der Waals surface area contributed by atoms with Crippen LogP contribution in [0.2, 0.25) is 0 Å². The Morgan fingerprint density at radius 2 is 2.00 bits per heavy atom. The molecule has 0 bridgehead atoms. The molecule has 0 aromatic heterocycles. The normalized spacial score (nSPS) is 13.9. The van der Waals surface area contributed by atoms with Gasteiger partial charge < -0.3 is 0 Å². The van der Waals surface area contributed by atoms with Gasteiger partial charge in [0.05, 0.1) is 0 Å². The van der Waals surface area contributed by atoms with Crippen LogP contribution in [0.25, 0.3) is 0 Å². The maximum Gasteiger partial charge on any atom is 0.0414 e. The van der Waals surface area contributed by atoms with E-state index in [1.54, 1.807) is 13.2 Å². The lowest BCUT2D eigenvalue weighted by molar-refractivity contribution is 0.878. The minimum absolute atomic E-state index is 0.456. The number of allylic oxidation sites excluding steroid dienone is 1. The number of rotatable bonds is 3. The molecule has 0 unspecified atom stereocenters. The van der Waals surface area contributed by atoms with Gasteiger partial charge in [0.1, 0.15) is 0 Å². The molecule has 2 nitrogen and oxygen atoms in total. The third-order valence-corrected chi connectivity index (χ3v) is 1.48. The van der Waals surface area contributed by atoms with Crippen LogP contribution < -0.4 is 0 Å². The molecule has 11 heavy (non-hydrogen) atoms. The summed E-state index contributed by atoms with van der Waals surface area (Å²) >= 11 is 0. The molecule has 0 spiro atoms. The molecule has 0 heterocycles. The van der Waals surface area contributed by atoms with E-state index < -0.39 is 0 Å². The van der Waals surface area contributed by atoms with Crippen LogP contribution in [-0.4, -0.2) is 19.5 Å². The molecule has 0 radical (unpaired) electrons. The molecule has 62 valence electrons. The molecule has 0 fully saturated rings. The van der Waals surface area contributed by atoms with E-state index in [-0.39, 0.29) is 0 Å². The van der Waals surface area contributed by atoms with Crippen LogP contribution in [0.5, 0.6) is 0 Å². The summed E-state index contributed by atoms with van der Waals surface area (Å²) in [7, 11) is 1.80. The Morgan fingerprint density at radius 1 is 1.45 bits per heavy atom. The van der Waals surface area contributed by atoms with Gasteiger partial charge in [-0.05, 0) is 25.1 Å². The average molecular weight is 152 g/mol. The summed E-state index contributed by atoms with van der Waals surface area (Å²) in [5.74, 6) is 0.456. The highest BCUT2D eigenvalue weighted by Crippen LogP contribution is 2.06. The Bertz CT molecular complexity index is 188. The second-order valence-corrected chi connectivity index (χ2v) is 2.76. The van der Waals surface area contributed by atoms with E-state index >= 15 is 0 Å². The highest BCUT2D eigenvalue weighted by molar-refractivity contribution is 6.00. The smallest absolute Gasteiger partial charge is 0.0414 e. The fourth-order valence-electron chi connectivity index (χ4n) is 1.09. The molecule has 0 saturated heterocycles. The zero-order valence-electron chi connectivity index (χ0n) is 7.76. The fourth-order valence-corrected chi connectivity index (χ4v) is 1.09. The lowest BCUT2D eigenvalue weighted by Crippen LogP contribution is -2.08. The Labute approximate surface area is 68.8 Å². The fraction of sp³-hybridized carbons (Fsp3) is 0.556. The number of aliphatic imine (C=N–C) groups is 2. The SMILES string of the molecule is C=N/C=C(/C)C(=NC)C(C)C. The standard InChI is InChI=1S/C9H16N2/c1-7(2)9(11-5)8(3)6-10-4/h6-7H,4H2,1-3,5H3/b8-6-,11-9?. The van der Waals surface area contributed by atoms with Crippen LogP contribution in [0, 0.1) is 5.92 Å². The zero-order chi connectivity index (χ0) is 8.85. The summed E-state index contributed by atoms with van der Waals surface area (Å²) in [5.41, 5.74) is 2.19. The van der Waals surface area contributed by atoms with E-state index in [1.165, 1.54) is 0 Å². The van der Waals surface area contributed by atoms with Crippen molar-refractivity contribution in [3.05, 3.63) is 11.8 Å². The van der Waals surface area contributed by atoms with Gasteiger partial charge in [-0.3, -0.25) is 9.98 Å². The van der Waals surface area contributed by atoms with Gasteiger partial charge in [-0.15, -0.1) is 0 Å². The first kappa shape index (κ1) is 10.1. The van der Waals surface area contributed by atoms with E-state index in [0.29, 0.717) is 5.92 Å². The Morgan fingerprint density at radius 3 is 2.27 bits per heavy atom. The van der Waals surface area contributed by atoms with Crippen molar-refractivity contribution in [2.24, 2.45) is 15.9 Å². The highest BCUT2D eigenvalue weighted by Gasteiger charge is 2.04. The van der Waals surface area contributed by atoms with Crippen molar-refractivity contribution in [1.29, 1.82) is 0 Å². The third-order valence-electron chi connectivity index (χ3n) is 1.48. The van der Waals surface area contributed by atoms with Crippen LogP contribution in [0.15, 0.2) is 21.8 Å². The van der Waals surface area contributed by atoms with E-state index in [0.717, 1.165) is 11.3 Å². The maximum absolute atomic E-state index is 4.17. The average Bonchev–Trinajstić information content (AvgIpc) is 1.88. The van der Waals surface area contributed by atoms with Gasteiger partial charge in [0, 0.05) is 19.0 Å². The van der Waals surface area contributed by atoms with E-state index in [2.05, 4.69) is 30.5 Å². The molecule has 0 N–H and O–H groups in total. The summed E-state index contributed by atoms with van der Waals surface area (Å²) in [5, 5.41) is 0. The molecule has 0 saturated carbocycles. The summed E-state index contributed by atoms with van der Waals surface area (Å²) in [4.78, 5) is 7.86. The topological polar surface area (TPSA) is 24.7 Å². The van der Waals surface area contributed by atoms with Gasteiger partial charge in [-0.1, -0.05) is 13.8 Å². The second kappa shape index (κ2) is 4.83. The summed E-state index contributed by atoms with van der Waals surface area (Å²) in [6, 6.07) is 0. The van der Waals surface area contributed by atoms with Crippen molar-refractivity contribution >= 4 is 12.4 Å². The first-order valence-electron chi connectivity index (χ1n) is 3.73. The molecular formula is C9H16N2. The molecule has 0 aliphatic carbocycles. The molecule has 0 atom stereocenters. The minimum atomic E-state index is 0.456. The van der Waals surface area contributed by atoms with E-state index in [4.69, 9.17) is 0 Å². The van der Waals surface area contributed by atoms with E-state index in [1.807, 2.05) is 6.92 Å². The molecular weight excluding hydrogens is 136 g/mol. The third kappa shape index (κ3) is 3.12. The summed E-state index contributed by atoms with van der Waals surface area (Å²) in [6.07, 6.45) is 1.74. The van der Waals surface area contributed by atoms with Crippen molar-refractivity contribution in [2.75, 3.05) is 7.05 Å². The van der Waals surface area contributed by atoms with Crippen molar-refractivity contribution in [1.82, 2.24) is 0 Å². The first-order valence-corrected chi connectivity index (χ1v) is 3.73. The van der Waals surface area contributed by atoms with Crippen molar-refractivity contribution < 1.29 is 0 Å². The highest BCUT2D eigenvalue weighted by atomic mass is 14.7. The summed E-state index contributed by atoms with van der Waals surface area (Å²) in [6.45, 7) is 9.62. The Balaban J connectivity index is 4.53. The predicted octanol–water partition coefficient (Wildman–Crippen LogP) is 2.32. The molecule has 0 rings (SSSR count). The molecule has 0 aliphatic heterocycles. The number of hydrogen-bond acceptors (Lipinski definition) is 2. The molecule has 0 aliphatic rings. The van der Waals surface area contributed by atoms with Crippen molar-refractivity contribution in [3.8, 4) is 0 Å². The predicted molar refractivity (Wildman–Crippen MR) is 51.5 cm³/mol. The molecule has 0 aromatic carbocycles. The van der Waals surface area contributed by atoms with E-state index in [9.17, 15) is 0 Å². The molecule has 0 amide bonds. The Hall–Kier alpha value is -0.920. The van der Waals surface area contributed by atoms with Gasteiger partial charge in [-0.2, -0.15) is 0 Å². The van der Waals surface area contributed by atoms with Crippen molar-refractivity contribution in [2.45, 2.75) is 20.8 Å². The maximum atomic E-state index is 4.17. The molecule has 2 heteroatoms. The van der Waals surface area contributed by atoms with Crippen LogP contribution in [0.3, 0.4) is 0 Å². The van der Waals surface area contributed by atoms with Crippen LogP contribution in [0.4, 0.5) is 0 Å². The zero-order valence-corrected chi connectivity index (χ0v) is 7.76. The monoisotopic (exact) mass is 152 g/mol. The van der Waals surface area contributed by atoms with Crippen LogP contribution in [0.1, 0.15) is 20.8 Å². The van der Waals surface area contributed by atoms with Gasteiger partial charge >= 0.3 is 0 Å². The van der Waals surface area contributed by atoms with Gasteiger partial charge in [-0.25, -0.2) is 0 Å². The van der Waals surface area contributed by atoms with Crippen LogP contribution >= 0.6 is 0 Å². The van der Waals surface area contributed by atoms with Gasteiger partial charge in [0.15, 0.2) is 0 Å². The number of nitrogens with zero attached hydrogens (tertiary/aromatic N) is 2. The first-order chi connectivity index (χ1) is 5.13. The lowest BCUT2D eigenvalue weighted by atomic mass is 10.0. The van der Waals surface area contributed by atoms with Crippen LogP contribution in [-0.2, 0) is 0 Å². The molecule has 0 aromatic rings. The quantitative estimate of drug-likeness (QED) is 0.554. The minimum Gasteiger partial charge on any atom is -0.292 e. The summed E-state index contributed by atoms with van der Waals surface area (Å²) < 4.78 is 0. The Kier molecular flexibility index (Phi) is 4.42.